The molecule has 0 radical (unpaired) electrons. The summed E-state index contributed by atoms with van der Waals surface area (Å²) in [7, 11) is 0. The molecule has 3 heteroatoms. The molecule has 0 aromatic heterocycles. The number of anilines is 1. The molecule has 80 valence electrons. The van der Waals surface area contributed by atoms with Crippen LogP contribution in [0, 0.1) is 16.7 Å². The maximum absolute atomic E-state index is 9.08. The standard InChI is InChI=1S/C12H16N2O/c1-12(2,9-15)8-14-11-5-3-4-10(6-11)7-13/h3-6,14-15H,8-9H2,1-2H3. The van der Waals surface area contributed by atoms with E-state index in [0.717, 1.165) is 5.69 Å². The lowest BCUT2D eigenvalue weighted by molar-refractivity contribution is 0.171. The van der Waals surface area contributed by atoms with Crippen LogP contribution >= 0.6 is 0 Å². The van der Waals surface area contributed by atoms with Gasteiger partial charge in [-0.25, -0.2) is 0 Å². The molecule has 0 amide bonds. The average Bonchev–Trinajstić information content (AvgIpc) is 2.27. The van der Waals surface area contributed by atoms with Crippen LogP contribution in [0.15, 0.2) is 24.3 Å². The maximum atomic E-state index is 9.08. The number of aliphatic hydroxyl groups is 1. The molecule has 0 saturated carbocycles. The van der Waals surface area contributed by atoms with E-state index in [1.165, 1.54) is 0 Å². The molecule has 0 saturated heterocycles. The van der Waals surface area contributed by atoms with E-state index in [2.05, 4.69) is 11.4 Å². The van der Waals surface area contributed by atoms with Crippen molar-refractivity contribution in [3.8, 4) is 6.07 Å². The van der Waals surface area contributed by atoms with E-state index >= 15 is 0 Å². The number of hydrogen-bond donors (Lipinski definition) is 2. The first-order valence-electron chi connectivity index (χ1n) is 4.92. The number of nitrogens with zero attached hydrogens (tertiary/aromatic N) is 1. The summed E-state index contributed by atoms with van der Waals surface area (Å²) in [5.74, 6) is 0. The highest BCUT2D eigenvalue weighted by molar-refractivity contribution is 5.49. The highest BCUT2D eigenvalue weighted by Crippen LogP contribution is 2.16. The highest BCUT2D eigenvalue weighted by Gasteiger charge is 2.15. The van der Waals surface area contributed by atoms with Gasteiger partial charge in [-0.15, -0.1) is 0 Å². The van der Waals surface area contributed by atoms with Crippen molar-refractivity contribution in [3.05, 3.63) is 29.8 Å². The zero-order valence-corrected chi connectivity index (χ0v) is 9.12. The Morgan fingerprint density at radius 1 is 1.47 bits per heavy atom. The zero-order valence-electron chi connectivity index (χ0n) is 9.12. The van der Waals surface area contributed by atoms with Gasteiger partial charge in [-0.2, -0.15) is 5.26 Å². The van der Waals surface area contributed by atoms with Crippen LogP contribution < -0.4 is 5.32 Å². The molecule has 1 aromatic rings. The van der Waals surface area contributed by atoms with Gasteiger partial charge in [-0.3, -0.25) is 0 Å². The predicted octanol–water partition coefficient (Wildman–Crippen LogP) is 1.99. The molecule has 3 nitrogen and oxygen atoms in total. The van der Waals surface area contributed by atoms with Gasteiger partial charge in [-0.1, -0.05) is 19.9 Å². The lowest BCUT2D eigenvalue weighted by atomic mass is 9.95. The molecule has 1 rings (SSSR count). The Hall–Kier alpha value is -1.53. The van der Waals surface area contributed by atoms with E-state index in [9.17, 15) is 0 Å². The third-order valence-corrected chi connectivity index (χ3v) is 2.19. The highest BCUT2D eigenvalue weighted by atomic mass is 16.3. The summed E-state index contributed by atoms with van der Waals surface area (Å²) in [5.41, 5.74) is 1.40. The number of nitrogens with one attached hydrogen (secondary N) is 1. The fraction of sp³-hybridized carbons (Fsp3) is 0.417. The van der Waals surface area contributed by atoms with E-state index in [1.807, 2.05) is 26.0 Å². The molecule has 2 N–H and O–H groups in total. The Morgan fingerprint density at radius 3 is 2.80 bits per heavy atom. The molecule has 0 atom stereocenters. The Kier molecular flexibility index (Phi) is 3.70. The second-order valence-electron chi connectivity index (χ2n) is 4.37. The van der Waals surface area contributed by atoms with Gasteiger partial charge >= 0.3 is 0 Å². The summed E-state index contributed by atoms with van der Waals surface area (Å²) in [6.45, 7) is 4.78. The molecule has 0 spiro atoms. The smallest absolute Gasteiger partial charge is 0.0992 e. The predicted molar refractivity (Wildman–Crippen MR) is 60.5 cm³/mol. The maximum Gasteiger partial charge on any atom is 0.0992 e. The van der Waals surface area contributed by atoms with Gasteiger partial charge in [0.05, 0.1) is 11.6 Å². The quantitative estimate of drug-likeness (QED) is 0.788. The second kappa shape index (κ2) is 4.81. The van der Waals surface area contributed by atoms with Crippen LogP contribution in [0.4, 0.5) is 5.69 Å². The van der Waals surface area contributed by atoms with Gasteiger partial charge in [0.1, 0.15) is 0 Å². The largest absolute Gasteiger partial charge is 0.396 e. The number of rotatable bonds is 4. The summed E-state index contributed by atoms with van der Waals surface area (Å²) in [6.07, 6.45) is 0. The van der Waals surface area contributed by atoms with Crippen molar-refractivity contribution in [2.75, 3.05) is 18.5 Å². The Balaban J connectivity index is 2.62. The molecule has 0 aliphatic heterocycles. The molecule has 0 bridgehead atoms. The molecule has 0 aliphatic rings. The van der Waals surface area contributed by atoms with Crippen LogP contribution in [-0.4, -0.2) is 18.3 Å². The van der Waals surface area contributed by atoms with E-state index in [4.69, 9.17) is 10.4 Å². The lowest BCUT2D eigenvalue weighted by Crippen LogP contribution is -2.26. The van der Waals surface area contributed by atoms with Gasteiger partial charge in [0, 0.05) is 24.3 Å². The number of benzene rings is 1. The zero-order chi connectivity index (χ0) is 11.3. The lowest BCUT2D eigenvalue weighted by Gasteiger charge is -2.22. The summed E-state index contributed by atoms with van der Waals surface area (Å²) in [4.78, 5) is 0. The summed E-state index contributed by atoms with van der Waals surface area (Å²) < 4.78 is 0. The van der Waals surface area contributed by atoms with Crippen molar-refractivity contribution in [3.63, 3.8) is 0 Å². The fourth-order valence-electron chi connectivity index (χ4n) is 1.10. The van der Waals surface area contributed by atoms with Gasteiger partial charge < -0.3 is 10.4 Å². The number of hydrogen-bond acceptors (Lipinski definition) is 3. The van der Waals surface area contributed by atoms with Crippen LogP contribution in [0.3, 0.4) is 0 Å². The average molecular weight is 204 g/mol. The van der Waals surface area contributed by atoms with Gasteiger partial charge in [-0.05, 0) is 18.2 Å². The first-order chi connectivity index (χ1) is 7.07. The van der Waals surface area contributed by atoms with Crippen molar-refractivity contribution in [1.82, 2.24) is 0 Å². The normalized spacial score (nSPS) is 10.8. The van der Waals surface area contributed by atoms with Crippen LogP contribution in [0.1, 0.15) is 19.4 Å². The minimum absolute atomic E-state index is 0.137. The van der Waals surface area contributed by atoms with E-state index in [1.54, 1.807) is 12.1 Å². The third kappa shape index (κ3) is 3.61. The summed E-state index contributed by atoms with van der Waals surface area (Å²) in [5, 5.41) is 21.0. The van der Waals surface area contributed by atoms with Crippen molar-refractivity contribution in [2.45, 2.75) is 13.8 Å². The van der Waals surface area contributed by atoms with E-state index < -0.39 is 0 Å². The fourth-order valence-corrected chi connectivity index (χ4v) is 1.10. The minimum Gasteiger partial charge on any atom is -0.396 e. The van der Waals surface area contributed by atoms with Gasteiger partial charge in [0.15, 0.2) is 0 Å². The molecule has 0 unspecified atom stereocenters. The number of nitriles is 1. The number of aliphatic hydroxyl groups excluding tert-OH is 1. The topological polar surface area (TPSA) is 56.0 Å². The molecule has 15 heavy (non-hydrogen) atoms. The monoisotopic (exact) mass is 204 g/mol. The van der Waals surface area contributed by atoms with Gasteiger partial charge in [0.2, 0.25) is 0 Å². The SMILES string of the molecule is CC(C)(CO)CNc1cccc(C#N)c1. The van der Waals surface area contributed by atoms with Crippen LogP contribution in [0.5, 0.6) is 0 Å². The molecule has 1 aromatic carbocycles. The molecule has 0 heterocycles. The Morgan fingerprint density at radius 2 is 2.20 bits per heavy atom. The molecular formula is C12H16N2O. The van der Waals surface area contributed by atoms with Crippen LogP contribution in [0.25, 0.3) is 0 Å². The van der Waals surface area contributed by atoms with Gasteiger partial charge in [0.25, 0.3) is 0 Å². The van der Waals surface area contributed by atoms with Crippen molar-refractivity contribution < 1.29 is 5.11 Å². The molecule has 0 aliphatic carbocycles. The summed E-state index contributed by atoms with van der Waals surface area (Å²) >= 11 is 0. The van der Waals surface area contributed by atoms with Crippen LogP contribution in [0.2, 0.25) is 0 Å². The third-order valence-electron chi connectivity index (χ3n) is 2.19. The van der Waals surface area contributed by atoms with Crippen molar-refractivity contribution >= 4 is 5.69 Å². The molecular weight excluding hydrogens is 188 g/mol. The first kappa shape index (κ1) is 11.5. The Bertz CT molecular complexity index is 366. The minimum atomic E-state index is -0.150. The first-order valence-corrected chi connectivity index (χ1v) is 4.92. The second-order valence-corrected chi connectivity index (χ2v) is 4.37. The molecule has 0 fully saturated rings. The Labute approximate surface area is 90.4 Å². The van der Waals surface area contributed by atoms with Crippen molar-refractivity contribution in [2.24, 2.45) is 5.41 Å². The van der Waals surface area contributed by atoms with E-state index in [0.29, 0.717) is 12.1 Å². The summed E-state index contributed by atoms with van der Waals surface area (Å²) in [6, 6.07) is 9.41. The van der Waals surface area contributed by atoms with E-state index in [-0.39, 0.29) is 12.0 Å². The van der Waals surface area contributed by atoms with Crippen molar-refractivity contribution in [1.29, 1.82) is 5.26 Å². The van der Waals surface area contributed by atoms with Crippen LogP contribution in [-0.2, 0) is 0 Å².